The van der Waals surface area contributed by atoms with Gasteiger partial charge in [0.25, 0.3) is 0 Å². The zero-order valence-corrected chi connectivity index (χ0v) is 13.2. The number of anilines is 1. The van der Waals surface area contributed by atoms with Gasteiger partial charge in [0.2, 0.25) is 5.91 Å². The molecule has 4 N–H and O–H groups in total. The molecule has 0 spiro atoms. The molecule has 0 heterocycles. The third kappa shape index (κ3) is 6.46. The van der Waals surface area contributed by atoms with Gasteiger partial charge in [-0.3, -0.25) is 4.79 Å². The van der Waals surface area contributed by atoms with Crippen molar-refractivity contribution in [2.45, 2.75) is 19.6 Å². The van der Waals surface area contributed by atoms with E-state index in [0.29, 0.717) is 17.8 Å². The van der Waals surface area contributed by atoms with E-state index in [1.165, 1.54) is 12.1 Å². The minimum atomic E-state index is -2.88. The lowest BCUT2D eigenvalue weighted by atomic mass is 10.1. The number of hydrogen-bond donors (Lipinski definition) is 3. The fraction of sp³-hybridized carbons (Fsp3) is 0.176. The fourth-order valence-corrected chi connectivity index (χ4v) is 2.09. The van der Waals surface area contributed by atoms with Gasteiger partial charge in [-0.25, -0.2) is 4.79 Å². The fourth-order valence-electron chi connectivity index (χ4n) is 2.09. The van der Waals surface area contributed by atoms with Crippen LogP contribution in [0.4, 0.5) is 19.3 Å². The van der Waals surface area contributed by atoms with Crippen LogP contribution in [0.15, 0.2) is 48.5 Å². The van der Waals surface area contributed by atoms with Gasteiger partial charge in [0.1, 0.15) is 5.75 Å². The van der Waals surface area contributed by atoms with E-state index in [-0.39, 0.29) is 18.1 Å². The van der Waals surface area contributed by atoms with E-state index < -0.39 is 12.6 Å². The van der Waals surface area contributed by atoms with Gasteiger partial charge in [0, 0.05) is 12.2 Å². The minimum Gasteiger partial charge on any atom is -0.435 e. The van der Waals surface area contributed by atoms with Crippen molar-refractivity contribution >= 4 is 17.6 Å². The van der Waals surface area contributed by atoms with Crippen LogP contribution in [0.5, 0.6) is 5.75 Å². The van der Waals surface area contributed by atoms with E-state index in [2.05, 4.69) is 15.4 Å². The summed E-state index contributed by atoms with van der Waals surface area (Å²) < 4.78 is 28.4. The number of halogens is 2. The first kappa shape index (κ1) is 18.2. The zero-order chi connectivity index (χ0) is 18.2. The smallest absolute Gasteiger partial charge is 0.387 e. The van der Waals surface area contributed by atoms with E-state index in [1.807, 2.05) is 0 Å². The molecular weight excluding hydrogens is 332 g/mol. The highest BCUT2D eigenvalue weighted by atomic mass is 19.3. The maximum absolute atomic E-state index is 12.1. The Morgan fingerprint density at radius 1 is 1.00 bits per heavy atom. The van der Waals surface area contributed by atoms with E-state index in [1.54, 1.807) is 36.4 Å². The molecule has 0 radical (unpaired) electrons. The van der Waals surface area contributed by atoms with Crippen LogP contribution in [0.3, 0.4) is 0 Å². The van der Waals surface area contributed by atoms with Gasteiger partial charge in [0.15, 0.2) is 0 Å². The van der Waals surface area contributed by atoms with E-state index in [9.17, 15) is 18.4 Å². The normalized spacial score (nSPS) is 10.4. The molecule has 0 fully saturated rings. The van der Waals surface area contributed by atoms with Gasteiger partial charge in [-0.1, -0.05) is 24.3 Å². The third-order valence-electron chi connectivity index (χ3n) is 3.22. The number of alkyl halides is 2. The average molecular weight is 349 g/mol. The Hall–Kier alpha value is -3.16. The maximum atomic E-state index is 12.1. The Kier molecular flexibility index (Phi) is 6.27. The molecule has 0 unspecified atom stereocenters. The number of amides is 3. The molecule has 0 aliphatic carbocycles. The number of nitrogens with one attached hydrogen (secondary N) is 2. The molecule has 0 saturated heterocycles. The Bertz CT molecular complexity index is 719. The van der Waals surface area contributed by atoms with Crippen LogP contribution in [0, 0.1) is 0 Å². The SMILES string of the molecule is NC(=O)Nc1ccc(CNC(=O)Cc2ccc(OC(F)F)cc2)cc1. The first-order valence-electron chi connectivity index (χ1n) is 7.38. The number of benzene rings is 2. The molecule has 0 aliphatic heterocycles. The van der Waals surface area contributed by atoms with Gasteiger partial charge in [0.05, 0.1) is 6.42 Å². The van der Waals surface area contributed by atoms with E-state index >= 15 is 0 Å². The number of nitrogens with two attached hydrogens (primary N) is 1. The van der Waals surface area contributed by atoms with E-state index in [0.717, 1.165) is 5.56 Å². The summed E-state index contributed by atoms with van der Waals surface area (Å²) in [6, 6.07) is 12.1. The highest BCUT2D eigenvalue weighted by molar-refractivity contribution is 5.87. The van der Waals surface area contributed by atoms with Crippen molar-refractivity contribution in [1.82, 2.24) is 5.32 Å². The Labute approximate surface area is 143 Å². The second kappa shape index (κ2) is 8.62. The van der Waals surface area contributed by atoms with Crippen LogP contribution in [-0.4, -0.2) is 18.5 Å². The second-order valence-electron chi connectivity index (χ2n) is 5.16. The lowest BCUT2D eigenvalue weighted by molar-refractivity contribution is -0.120. The summed E-state index contributed by atoms with van der Waals surface area (Å²) in [5.74, 6) is -0.161. The molecule has 25 heavy (non-hydrogen) atoms. The molecule has 0 aromatic heterocycles. The van der Waals surface area contributed by atoms with Gasteiger partial charge in [-0.2, -0.15) is 8.78 Å². The molecule has 2 aromatic carbocycles. The lowest BCUT2D eigenvalue weighted by Crippen LogP contribution is -2.24. The number of rotatable bonds is 7. The molecule has 2 rings (SSSR count). The zero-order valence-electron chi connectivity index (χ0n) is 13.2. The molecule has 132 valence electrons. The number of urea groups is 1. The molecule has 3 amide bonds. The number of carbonyl (C=O) groups is 2. The predicted molar refractivity (Wildman–Crippen MR) is 88.3 cm³/mol. The van der Waals surface area contributed by atoms with Gasteiger partial charge < -0.3 is 21.1 Å². The average Bonchev–Trinajstić information content (AvgIpc) is 2.55. The minimum absolute atomic E-state index is 0.0452. The summed E-state index contributed by atoms with van der Waals surface area (Å²) >= 11 is 0. The van der Waals surface area contributed by atoms with Crippen LogP contribution in [0.1, 0.15) is 11.1 Å². The Balaban J connectivity index is 1.81. The summed E-state index contributed by atoms with van der Waals surface area (Å²) in [6.07, 6.45) is 0.121. The molecule has 0 bridgehead atoms. The Morgan fingerprint density at radius 2 is 1.60 bits per heavy atom. The van der Waals surface area contributed by atoms with Crippen molar-refractivity contribution in [3.63, 3.8) is 0 Å². The summed E-state index contributed by atoms with van der Waals surface area (Å²) in [7, 11) is 0. The van der Waals surface area contributed by atoms with Gasteiger partial charge >= 0.3 is 12.6 Å². The summed E-state index contributed by atoms with van der Waals surface area (Å²) in [6.45, 7) is -2.55. The largest absolute Gasteiger partial charge is 0.435 e. The van der Waals surface area contributed by atoms with Crippen molar-refractivity contribution in [3.05, 3.63) is 59.7 Å². The maximum Gasteiger partial charge on any atom is 0.387 e. The van der Waals surface area contributed by atoms with Crippen LogP contribution < -0.4 is 21.1 Å². The summed E-state index contributed by atoms with van der Waals surface area (Å²) in [4.78, 5) is 22.6. The van der Waals surface area contributed by atoms with Gasteiger partial charge in [-0.15, -0.1) is 0 Å². The first-order valence-corrected chi connectivity index (χ1v) is 7.38. The summed E-state index contributed by atoms with van der Waals surface area (Å²) in [5.41, 5.74) is 7.11. The second-order valence-corrected chi connectivity index (χ2v) is 5.16. The molecular formula is C17H17F2N3O3. The molecule has 8 heteroatoms. The predicted octanol–water partition coefficient (Wildman–Crippen LogP) is 2.64. The standard InChI is InChI=1S/C17H17F2N3O3/c18-16(19)25-14-7-3-11(4-8-14)9-15(23)21-10-12-1-5-13(6-2-12)22-17(20)24/h1-8,16H,9-10H2,(H,21,23)(H3,20,22,24). The highest BCUT2D eigenvalue weighted by Crippen LogP contribution is 2.15. The van der Waals surface area contributed by atoms with Crippen molar-refractivity contribution < 1.29 is 23.1 Å². The van der Waals surface area contributed by atoms with E-state index in [4.69, 9.17) is 5.73 Å². The number of carbonyl (C=O) groups excluding carboxylic acids is 2. The van der Waals surface area contributed by atoms with Gasteiger partial charge in [-0.05, 0) is 35.4 Å². The Morgan fingerprint density at radius 3 is 2.16 bits per heavy atom. The number of primary amides is 1. The number of hydrogen-bond acceptors (Lipinski definition) is 3. The molecule has 0 saturated carbocycles. The molecule has 6 nitrogen and oxygen atoms in total. The van der Waals surface area contributed by atoms with Crippen molar-refractivity contribution in [1.29, 1.82) is 0 Å². The lowest BCUT2D eigenvalue weighted by Gasteiger charge is -2.08. The topological polar surface area (TPSA) is 93.5 Å². The monoisotopic (exact) mass is 349 g/mol. The van der Waals surface area contributed by atoms with Crippen molar-refractivity contribution in [2.24, 2.45) is 5.73 Å². The van der Waals surface area contributed by atoms with Crippen molar-refractivity contribution in [2.75, 3.05) is 5.32 Å². The van der Waals surface area contributed by atoms with Crippen LogP contribution in [0.2, 0.25) is 0 Å². The third-order valence-corrected chi connectivity index (χ3v) is 3.22. The van der Waals surface area contributed by atoms with Crippen LogP contribution in [-0.2, 0) is 17.8 Å². The molecule has 0 atom stereocenters. The first-order chi connectivity index (χ1) is 11.9. The number of ether oxygens (including phenoxy) is 1. The molecule has 2 aromatic rings. The molecule has 0 aliphatic rings. The van der Waals surface area contributed by atoms with Crippen LogP contribution >= 0.6 is 0 Å². The summed E-state index contributed by atoms with van der Waals surface area (Å²) in [5, 5.41) is 5.19. The van der Waals surface area contributed by atoms with Crippen molar-refractivity contribution in [3.8, 4) is 5.75 Å². The quantitative estimate of drug-likeness (QED) is 0.717. The van der Waals surface area contributed by atoms with Crippen LogP contribution in [0.25, 0.3) is 0 Å². The highest BCUT2D eigenvalue weighted by Gasteiger charge is 2.06.